The summed E-state index contributed by atoms with van der Waals surface area (Å²) in [6, 6.07) is 1.83. The van der Waals surface area contributed by atoms with E-state index in [1.54, 1.807) is 14.1 Å². The molecule has 10 nitrogen and oxygen atoms in total. The molecule has 0 unspecified atom stereocenters. The fourth-order valence-electron chi connectivity index (χ4n) is 3.15. The number of aromatic nitrogens is 2. The fraction of sp³-hybridized carbons (Fsp3) is 0.429. The molecule has 0 aromatic carbocycles. The highest BCUT2D eigenvalue weighted by molar-refractivity contribution is 7.82. The molecule has 3 amide bonds. The predicted octanol–water partition coefficient (Wildman–Crippen LogP) is 1.22. The van der Waals surface area contributed by atoms with E-state index in [-0.39, 0.29) is 48.0 Å². The van der Waals surface area contributed by atoms with E-state index >= 15 is 0 Å². The molecule has 35 heavy (non-hydrogen) atoms. The number of thiazole rings is 1. The molecule has 0 radical (unpaired) electrons. The number of hydrogen-bond acceptors (Lipinski definition) is 8. The Kier molecular flexibility index (Phi) is 10.4. The maximum Gasteiger partial charge on any atom is 0.284 e. The van der Waals surface area contributed by atoms with Gasteiger partial charge < -0.3 is 25.8 Å². The van der Waals surface area contributed by atoms with Crippen LogP contribution in [-0.4, -0.2) is 82.8 Å². The summed E-state index contributed by atoms with van der Waals surface area (Å²) >= 11 is 6.46. The van der Waals surface area contributed by atoms with Gasteiger partial charge in [-0.1, -0.05) is 12.2 Å². The van der Waals surface area contributed by atoms with Gasteiger partial charge in [0.15, 0.2) is 10.00 Å². The molecular weight excluding hydrogens is 517 g/mol. The first kappa shape index (κ1) is 28.5. The normalized spacial score (nSPS) is 13.6. The smallest absolute Gasteiger partial charge is 0.284 e. The second-order valence-electron chi connectivity index (χ2n) is 8.07. The van der Waals surface area contributed by atoms with Gasteiger partial charge in [-0.3, -0.25) is 14.4 Å². The number of fused-ring (bicyclic) bond motifs is 1. The lowest BCUT2D eigenvalue weighted by atomic mass is 10.2. The van der Waals surface area contributed by atoms with E-state index in [1.807, 2.05) is 7.05 Å². The highest BCUT2D eigenvalue weighted by atomic mass is 35.5. The van der Waals surface area contributed by atoms with Gasteiger partial charge in [0.2, 0.25) is 5.91 Å². The van der Waals surface area contributed by atoms with Crippen LogP contribution in [0.1, 0.15) is 26.8 Å². The molecule has 0 saturated carbocycles. The van der Waals surface area contributed by atoms with E-state index in [0.717, 1.165) is 42.3 Å². The van der Waals surface area contributed by atoms with Crippen molar-refractivity contribution in [3.05, 3.63) is 39.7 Å². The molecule has 1 atom stereocenters. The number of carbonyl (C=O) groups excluding carboxylic acids is 3. The quantitative estimate of drug-likeness (QED) is 0.446. The number of anilines is 1. The second kappa shape index (κ2) is 12.8. The lowest BCUT2D eigenvalue weighted by Gasteiger charge is -2.21. The van der Waals surface area contributed by atoms with Crippen LogP contribution in [0.25, 0.3) is 0 Å². The third-order valence-electron chi connectivity index (χ3n) is 5.06. The minimum absolute atomic E-state index is 0. The largest absolute Gasteiger partial charge is 0.370 e. The molecule has 0 fully saturated rings. The molecule has 14 heteroatoms. The summed E-state index contributed by atoms with van der Waals surface area (Å²) in [5.41, 5.74) is 0.930. The van der Waals surface area contributed by atoms with Crippen LogP contribution < -0.4 is 16.0 Å². The van der Waals surface area contributed by atoms with Crippen molar-refractivity contribution in [1.29, 1.82) is 0 Å². The molecule has 1 aliphatic heterocycles. The molecule has 2 aromatic heterocycles. The molecule has 1 aliphatic rings. The number of halogens is 2. The van der Waals surface area contributed by atoms with Crippen LogP contribution in [0.15, 0.2) is 18.3 Å². The number of rotatable bonds is 7. The van der Waals surface area contributed by atoms with Gasteiger partial charge in [0, 0.05) is 51.4 Å². The van der Waals surface area contributed by atoms with Crippen LogP contribution in [0.2, 0.25) is 0 Å². The van der Waals surface area contributed by atoms with Crippen molar-refractivity contribution in [3.8, 4) is 0 Å². The first-order valence-electron chi connectivity index (χ1n) is 10.5. The topological polar surface area (TPSA) is 120 Å². The van der Waals surface area contributed by atoms with Crippen LogP contribution in [-0.2, 0) is 22.6 Å². The molecule has 3 heterocycles. The summed E-state index contributed by atoms with van der Waals surface area (Å²) in [6.45, 7) is 1.67. The Labute approximate surface area is 218 Å². The number of likely N-dealkylation sites (N-methyl/N-ethyl adjacent to an activating group) is 1. The van der Waals surface area contributed by atoms with Gasteiger partial charge >= 0.3 is 0 Å². The van der Waals surface area contributed by atoms with Crippen molar-refractivity contribution in [1.82, 2.24) is 30.4 Å². The molecule has 0 saturated heterocycles. The van der Waals surface area contributed by atoms with E-state index in [4.69, 9.17) is 12.2 Å². The molecule has 0 aliphatic carbocycles. The first-order valence-corrected chi connectivity index (χ1v) is 11.7. The van der Waals surface area contributed by atoms with Crippen molar-refractivity contribution < 1.29 is 18.8 Å². The van der Waals surface area contributed by atoms with Crippen molar-refractivity contribution in [2.75, 3.05) is 39.5 Å². The van der Waals surface area contributed by atoms with Crippen molar-refractivity contribution >= 4 is 64.5 Å². The number of nitrogens with zero attached hydrogens (tertiary/aromatic N) is 4. The summed E-state index contributed by atoms with van der Waals surface area (Å²) in [6.07, 6.45) is 1.76. The van der Waals surface area contributed by atoms with Crippen molar-refractivity contribution in [2.45, 2.75) is 25.4 Å². The zero-order chi connectivity index (χ0) is 24.8. The zero-order valence-electron chi connectivity index (χ0n) is 19.5. The lowest BCUT2D eigenvalue weighted by Crippen LogP contribution is -2.47. The minimum atomic E-state index is -0.644. The summed E-state index contributed by atoms with van der Waals surface area (Å²) in [5.74, 6) is -1.61. The Morgan fingerprint density at radius 2 is 2.06 bits per heavy atom. The summed E-state index contributed by atoms with van der Waals surface area (Å²) < 4.78 is 13.0. The fourth-order valence-corrected chi connectivity index (χ4v) is 4.38. The number of hydrogen-bond donors (Lipinski definition) is 3. The third kappa shape index (κ3) is 8.16. The first-order chi connectivity index (χ1) is 16.1. The lowest BCUT2D eigenvalue weighted by molar-refractivity contribution is -0.129. The molecule has 0 spiro atoms. The van der Waals surface area contributed by atoms with Gasteiger partial charge in [-0.15, -0.1) is 23.7 Å². The van der Waals surface area contributed by atoms with Gasteiger partial charge in [-0.05, 0) is 19.2 Å². The minimum Gasteiger partial charge on any atom is -0.370 e. The van der Waals surface area contributed by atoms with Gasteiger partial charge in [-0.25, -0.2) is 14.4 Å². The average molecular weight is 544 g/mol. The summed E-state index contributed by atoms with van der Waals surface area (Å²) in [7, 11) is 5.25. The summed E-state index contributed by atoms with van der Waals surface area (Å²) in [5, 5.41) is 8.40. The molecule has 3 rings (SSSR count). The highest BCUT2D eigenvalue weighted by Crippen LogP contribution is 2.24. The summed E-state index contributed by atoms with van der Waals surface area (Å²) in [4.78, 5) is 50.2. The van der Waals surface area contributed by atoms with Gasteiger partial charge in [0.25, 0.3) is 11.8 Å². The number of amides is 3. The van der Waals surface area contributed by atoms with Crippen LogP contribution in [0.5, 0.6) is 0 Å². The molecule has 3 N–H and O–H groups in total. The number of thiocarbonyl (C=S) groups is 1. The van der Waals surface area contributed by atoms with E-state index in [0.29, 0.717) is 5.01 Å². The van der Waals surface area contributed by atoms with Crippen LogP contribution in [0.4, 0.5) is 10.2 Å². The molecule has 0 bridgehead atoms. The van der Waals surface area contributed by atoms with Gasteiger partial charge in [0.05, 0.1) is 17.9 Å². The van der Waals surface area contributed by atoms with Crippen LogP contribution in [0.3, 0.4) is 0 Å². The standard InChI is InChI=1S/C21H26FN7O3S2.ClH/c1-28(2)17(30)8-13(10-24-20(33)18(31)27-16-5-4-12(22)9-23-16)25-19(32)21-26-14-6-7-29(3)11-15(14)34-21;/h4-5,9,13H,6-8,10-11H2,1-3H3,(H,24,33)(H,25,32)(H,23,27,31);1H/t13-;/m1./s1. The van der Waals surface area contributed by atoms with Crippen molar-refractivity contribution in [3.63, 3.8) is 0 Å². The van der Waals surface area contributed by atoms with Crippen LogP contribution in [0, 0.1) is 5.82 Å². The van der Waals surface area contributed by atoms with Gasteiger partial charge in [0.1, 0.15) is 11.6 Å². The number of carbonyl (C=O) groups is 3. The molecular formula is C21H27ClFN7O3S2. The van der Waals surface area contributed by atoms with E-state index < -0.39 is 17.8 Å². The molecule has 2 aromatic rings. The van der Waals surface area contributed by atoms with Crippen LogP contribution >= 0.6 is 36.0 Å². The monoisotopic (exact) mass is 543 g/mol. The molecule has 190 valence electrons. The Morgan fingerprint density at radius 1 is 1.31 bits per heavy atom. The van der Waals surface area contributed by atoms with E-state index in [1.165, 1.54) is 22.3 Å². The predicted molar refractivity (Wildman–Crippen MR) is 137 cm³/mol. The second-order valence-corrected chi connectivity index (χ2v) is 9.56. The van der Waals surface area contributed by atoms with Gasteiger partial charge in [-0.2, -0.15) is 0 Å². The number of pyridine rings is 1. The highest BCUT2D eigenvalue weighted by Gasteiger charge is 2.25. The Bertz CT molecular complexity index is 1080. The van der Waals surface area contributed by atoms with E-state index in [9.17, 15) is 18.8 Å². The van der Waals surface area contributed by atoms with E-state index in [2.05, 4.69) is 30.8 Å². The average Bonchev–Trinajstić information content (AvgIpc) is 3.22. The zero-order valence-corrected chi connectivity index (χ0v) is 21.9. The van der Waals surface area contributed by atoms with Crippen molar-refractivity contribution in [2.24, 2.45) is 0 Å². The number of nitrogens with one attached hydrogen (secondary N) is 3. The Hall–Kier alpha value is -2.74. The maximum absolute atomic E-state index is 13.0. The Balaban J connectivity index is 0.00000432. The SMILES string of the molecule is CN1CCc2nc(C(=O)N[C@@H](CNC(=S)C(=O)Nc3ccc(F)cn3)CC(=O)N(C)C)sc2C1.Cl. The third-order valence-corrected chi connectivity index (χ3v) is 6.47. The Morgan fingerprint density at radius 3 is 2.71 bits per heavy atom. The maximum atomic E-state index is 13.0.